The number of hydrogen-bond acceptors (Lipinski definition) is 4. The summed E-state index contributed by atoms with van der Waals surface area (Å²) in [5.41, 5.74) is 0.451. The molecule has 2 aromatic rings. The first-order valence-electron chi connectivity index (χ1n) is 7.45. The zero-order valence-corrected chi connectivity index (χ0v) is 13.3. The van der Waals surface area contributed by atoms with Crippen LogP contribution in [0.15, 0.2) is 54.6 Å². The van der Waals surface area contributed by atoms with E-state index in [0.717, 1.165) is 12.8 Å². The van der Waals surface area contributed by atoms with Crippen LogP contribution in [0.25, 0.3) is 0 Å². The number of carbonyl (C=O) groups excluding carboxylic acids is 1. The lowest BCUT2D eigenvalue weighted by molar-refractivity contribution is 0.0730. The van der Waals surface area contributed by atoms with Gasteiger partial charge in [0, 0.05) is 0 Å². The molecule has 0 aliphatic heterocycles. The molecule has 0 saturated heterocycles. The van der Waals surface area contributed by atoms with Crippen LogP contribution >= 0.6 is 0 Å². The fraction of sp³-hybridized carbons (Fsp3) is 0.222. The van der Waals surface area contributed by atoms with Gasteiger partial charge in [-0.2, -0.15) is 0 Å². The molecule has 0 radical (unpaired) electrons. The van der Waals surface area contributed by atoms with Crippen molar-refractivity contribution in [2.24, 2.45) is 0 Å². The maximum atomic E-state index is 12.2. The first-order chi connectivity index (χ1) is 11.5. The van der Waals surface area contributed by atoms with Crippen LogP contribution in [0.5, 0.6) is 11.5 Å². The Balaban J connectivity index is 0.000000648. The molecule has 0 heterocycles. The van der Waals surface area contributed by atoms with Gasteiger partial charge in [-0.05, 0) is 30.7 Å². The number of ether oxygens (including phenoxy) is 2. The Kier molecular flexibility index (Phi) is 8.45. The predicted octanol–water partition coefficient (Wildman–Crippen LogP) is 4.31. The van der Waals surface area contributed by atoms with Gasteiger partial charge in [0.05, 0.1) is 6.61 Å². The Morgan fingerprint density at radius 1 is 0.958 bits per heavy atom. The fourth-order valence-corrected chi connectivity index (χ4v) is 1.74. The van der Waals surface area contributed by atoms with Crippen molar-refractivity contribution in [3.05, 3.63) is 60.2 Å². The van der Waals surface area contributed by atoms with Gasteiger partial charge in [-0.3, -0.25) is 0 Å². The Labute approximate surface area is 140 Å². The van der Waals surface area contributed by atoms with Crippen LogP contribution in [0, 0.1) is 0 Å². The highest BCUT2D eigenvalue weighted by atomic mass is 16.6. The van der Waals surface area contributed by atoms with E-state index >= 15 is 0 Å². The van der Waals surface area contributed by atoms with E-state index in [4.69, 9.17) is 24.5 Å². The average Bonchev–Trinajstić information content (AvgIpc) is 2.56. The van der Waals surface area contributed by atoms with Crippen LogP contribution in [0.4, 0.5) is 4.79 Å². The third-order valence-corrected chi connectivity index (χ3v) is 2.82. The van der Waals surface area contributed by atoms with Crippen molar-refractivity contribution >= 4 is 12.1 Å². The summed E-state index contributed by atoms with van der Waals surface area (Å²) < 4.78 is 11.0. The molecule has 0 atom stereocenters. The molecular weight excluding hydrogens is 312 g/mol. The minimum atomic E-state index is -1.83. The van der Waals surface area contributed by atoms with Crippen molar-refractivity contribution in [2.45, 2.75) is 19.8 Å². The summed E-state index contributed by atoms with van der Waals surface area (Å²) in [6, 6.07) is 16.2. The van der Waals surface area contributed by atoms with Crippen LogP contribution in [0.1, 0.15) is 30.1 Å². The summed E-state index contributed by atoms with van der Waals surface area (Å²) in [5, 5.41) is 13.9. The molecule has 2 rings (SSSR count). The van der Waals surface area contributed by atoms with Gasteiger partial charge in [0.1, 0.15) is 17.1 Å². The first-order valence-corrected chi connectivity index (χ1v) is 7.45. The molecule has 0 aromatic heterocycles. The number of carboxylic acid groups (broad SMARTS) is 2. The van der Waals surface area contributed by atoms with Gasteiger partial charge in [0.25, 0.3) is 0 Å². The van der Waals surface area contributed by atoms with Crippen molar-refractivity contribution in [1.82, 2.24) is 0 Å². The number of hydrogen-bond donors (Lipinski definition) is 2. The van der Waals surface area contributed by atoms with Crippen LogP contribution < -0.4 is 9.47 Å². The number of benzene rings is 2. The third-order valence-electron chi connectivity index (χ3n) is 2.82. The summed E-state index contributed by atoms with van der Waals surface area (Å²) in [6.07, 6.45) is 0.179. The minimum absolute atomic E-state index is 0.400. The fourth-order valence-electron chi connectivity index (χ4n) is 1.74. The standard InChI is InChI=1S/C17H18O3.CH2O3/c1-2-3-13-19-16-12-8-7-11-15(16)17(18)20-14-9-5-4-6-10-14;2-1(3)4/h4-12H,2-3,13H2,1H3;(H2,2,3,4). The highest BCUT2D eigenvalue weighted by Gasteiger charge is 2.14. The quantitative estimate of drug-likeness (QED) is 0.465. The molecule has 0 saturated carbocycles. The average molecular weight is 332 g/mol. The molecule has 24 heavy (non-hydrogen) atoms. The SMILES string of the molecule is CCCCOc1ccccc1C(=O)Oc1ccccc1.O=C(O)O. The van der Waals surface area contributed by atoms with E-state index in [-0.39, 0.29) is 0 Å². The van der Waals surface area contributed by atoms with Gasteiger partial charge in [-0.1, -0.05) is 43.7 Å². The molecule has 0 aliphatic rings. The lowest BCUT2D eigenvalue weighted by Gasteiger charge is -2.10. The first kappa shape index (κ1) is 19.0. The zero-order chi connectivity index (χ0) is 17.8. The zero-order valence-electron chi connectivity index (χ0n) is 13.3. The molecule has 2 aromatic carbocycles. The molecule has 0 aliphatic carbocycles. The van der Waals surface area contributed by atoms with Gasteiger partial charge >= 0.3 is 12.1 Å². The Morgan fingerprint density at radius 2 is 1.54 bits per heavy atom. The molecule has 2 N–H and O–H groups in total. The highest BCUT2D eigenvalue weighted by Crippen LogP contribution is 2.21. The Morgan fingerprint density at radius 3 is 2.17 bits per heavy atom. The van der Waals surface area contributed by atoms with Gasteiger partial charge in [0.2, 0.25) is 0 Å². The highest BCUT2D eigenvalue weighted by molar-refractivity contribution is 5.93. The summed E-state index contributed by atoms with van der Waals surface area (Å²) in [5.74, 6) is 0.700. The number of unbranched alkanes of at least 4 members (excludes halogenated alkanes) is 1. The van der Waals surface area contributed by atoms with Crippen LogP contribution in [0.3, 0.4) is 0 Å². The van der Waals surface area contributed by atoms with E-state index in [9.17, 15) is 4.79 Å². The molecule has 6 heteroatoms. The number of rotatable bonds is 6. The van der Waals surface area contributed by atoms with Gasteiger partial charge in [-0.15, -0.1) is 0 Å². The van der Waals surface area contributed by atoms with Crippen LogP contribution in [-0.4, -0.2) is 28.9 Å². The number of para-hydroxylation sites is 2. The van der Waals surface area contributed by atoms with E-state index in [2.05, 4.69) is 6.92 Å². The number of esters is 1. The summed E-state index contributed by atoms with van der Waals surface area (Å²) in [6.45, 7) is 2.70. The molecule has 128 valence electrons. The molecule has 6 nitrogen and oxygen atoms in total. The summed E-state index contributed by atoms with van der Waals surface area (Å²) in [4.78, 5) is 20.7. The largest absolute Gasteiger partial charge is 0.503 e. The summed E-state index contributed by atoms with van der Waals surface area (Å²) >= 11 is 0. The normalized spacial score (nSPS) is 9.38. The van der Waals surface area contributed by atoms with Crippen molar-refractivity contribution in [3.8, 4) is 11.5 Å². The Bertz CT molecular complexity index is 635. The summed E-state index contributed by atoms with van der Waals surface area (Å²) in [7, 11) is 0. The van der Waals surface area contributed by atoms with E-state index in [0.29, 0.717) is 23.7 Å². The van der Waals surface area contributed by atoms with E-state index < -0.39 is 12.1 Å². The van der Waals surface area contributed by atoms with Crippen molar-refractivity contribution in [2.75, 3.05) is 6.61 Å². The maximum Gasteiger partial charge on any atom is 0.503 e. The van der Waals surface area contributed by atoms with Gasteiger partial charge in [0.15, 0.2) is 0 Å². The van der Waals surface area contributed by atoms with Gasteiger partial charge in [-0.25, -0.2) is 9.59 Å². The van der Waals surface area contributed by atoms with Crippen LogP contribution in [0.2, 0.25) is 0 Å². The topological polar surface area (TPSA) is 93.1 Å². The van der Waals surface area contributed by atoms with Crippen molar-refractivity contribution in [1.29, 1.82) is 0 Å². The second-order valence-electron chi connectivity index (χ2n) is 4.68. The lowest BCUT2D eigenvalue weighted by atomic mass is 10.2. The predicted molar refractivity (Wildman–Crippen MR) is 88.9 cm³/mol. The lowest BCUT2D eigenvalue weighted by Crippen LogP contribution is -2.11. The molecule has 0 amide bonds. The maximum absolute atomic E-state index is 12.2. The van der Waals surface area contributed by atoms with Crippen LogP contribution in [-0.2, 0) is 0 Å². The molecule has 0 fully saturated rings. The second-order valence-corrected chi connectivity index (χ2v) is 4.68. The smallest absolute Gasteiger partial charge is 0.493 e. The third kappa shape index (κ3) is 7.31. The van der Waals surface area contributed by atoms with Gasteiger partial charge < -0.3 is 19.7 Å². The van der Waals surface area contributed by atoms with E-state index in [1.807, 2.05) is 24.3 Å². The van der Waals surface area contributed by atoms with Crippen molar-refractivity contribution in [3.63, 3.8) is 0 Å². The Hall–Kier alpha value is -3.02. The molecule has 0 unspecified atom stereocenters. The van der Waals surface area contributed by atoms with Crippen molar-refractivity contribution < 1.29 is 29.3 Å². The molecule has 0 spiro atoms. The van der Waals surface area contributed by atoms with E-state index in [1.165, 1.54) is 0 Å². The second kappa shape index (κ2) is 10.7. The minimum Gasteiger partial charge on any atom is -0.493 e. The monoisotopic (exact) mass is 332 g/mol. The molecular formula is C18H20O6. The number of carbonyl (C=O) groups is 2. The molecule has 0 bridgehead atoms. The van der Waals surface area contributed by atoms with E-state index in [1.54, 1.807) is 30.3 Å².